The van der Waals surface area contributed by atoms with Gasteiger partial charge in [0.05, 0.1) is 34.7 Å². The molecule has 4 rings (SSSR count). The molecule has 2 aliphatic heterocycles. The highest BCUT2D eigenvalue weighted by atomic mass is 32.2. The molecule has 250 valence electrons. The number of fused-ring (bicyclic) bond motifs is 1. The molecule has 5 atom stereocenters. The van der Waals surface area contributed by atoms with Gasteiger partial charge in [0.25, 0.3) is 5.91 Å². The number of nitrogens with zero attached hydrogens (tertiary/aromatic N) is 2. The van der Waals surface area contributed by atoms with Crippen LogP contribution in [-0.2, 0) is 25.8 Å². The maximum Gasteiger partial charge on any atom is 0.417 e. The predicted molar refractivity (Wildman–Crippen MR) is 159 cm³/mol. The van der Waals surface area contributed by atoms with Crippen LogP contribution in [0.3, 0.4) is 0 Å². The number of carbonyl (C=O) groups excluding carboxylic acids is 2. The summed E-state index contributed by atoms with van der Waals surface area (Å²) in [6, 6.07) is 7.09. The highest BCUT2D eigenvalue weighted by Crippen LogP contribution is 2.34. The minimum absolute atomic E-state index is 0.0459. The van der Waals surface area contributed by atoms with Crippen LogP contribution in [0.2, 0.25) is 0 Å². The number of amides is 2. The van der Waals surface area contributed by atoms with Crippen molar-refractivity contribution in [2.75, 3.05) is 25.5 Å². The summed E-state index contributed by atoms with van der Waals surface area (Å²) in [6.07, 6.45) is -4.02. The highest BCUT2D eigenvalue weighted by molar-refractivity contribution is 7.89. The number of halogens is 3. The van der Waals surface area contributed by atoms with Gasteiger partial charge >= 0.3 is 6.18 Å². The summed E-state index contributed by atoms with van der Waals surface area (Å²) < 4.78 is 74.6. The number of likely N-dealkylation sites (N-methyl/N-ethyl adjacent to an activating group) is 1. The molecule has 2 heterocycles. The molecule has 0 radical (unpaired) electrons. The Hall–Kier alpha value is -3.79. The molecule has 17 heteroatoms. The average molecular weight is 668 g/mol. The first-order chi connectivity index (χ1) is 21.5. The van der Waals surface area contributed by atoms with E-state index in [0.29, 0.717) is 17.4 Å². The fourth-order valence-corrected chi connectivity index (χ4v) is 6.61. The SMILES string of the molecule is CCCC1NN(C)C2C(=O)NC(c3cc(S(=O)(=O)NC[C@@](C)(O)C(=O)Nc4ccc(C#N)c(C(F)(F)F)c4)ccc3OCC)NC12. The third-order valence-electron chi connectivity index (χ3n) is 7.78. The lowest BCUT2D eigenvalue weighted by Gasteiger charge is -2.37. The van der Waals surface area contributed by atoms with Gasteiger partial charge in [-0.05, 0) is 56.7 Å². The quantitative estimate of drug-likeness (QED) is 0.206. The van der Waals surface area contributed by atoms with Crippen molar-refractivity contribution >= 4 is 27.5 Å². The third-order valence-corrected chi connectivity index (χ3v) is 9.17. The minimum Gasteiger partial charge on any atom is -0.493 e. The molecule has 2 aromatic rings. The second-order valence-electron chi connectivity index (χ2n) is 11.3. The standard InChI is InChI=1S/C29H36F3N7O6S/c1-5-7-21-23-24(39(4)38-21)26(40)37-25(36-23)19-13-18(10-11-22(19)45-6-2)46(43,44)34-15-28(3,42)27(41)35-17-9-8-16(14-33)20(12-17)29(30,31)32/h8-13,21,23-25,34,36,38,42H,5-7,15H2,1-4H3,(H,35,41)(H,37,40)/t21?,23?,24?,25?,28-/m1/s1. The normalized spacial score (nSPS) is 23.2. The predicted octanol–water partition coefficient (Wildman–Crippen LogP) is 1.72. The largest absolute Gasteiger partial charge is 0.493 e. The summed E-state index contributed by atoms with van der Waals surface area (Å²) in [4.78, 5) is 25.7. The van der Waals surface area contributed by atoms with Crippen LogP contribution in [0.25, 0.3) is 0 Å². The first-order valence-corrected chi connectivity index (χ1v) is 16.0. The van der Waals surface area contributed by atoms with Crippen LogP contribution in [-0.4, -0.2) is 74.3 Å². The Balaban J connectivity index is 1.53. The zero-order chi connectivity index (χ0) is 34.0. The van der Waals surface area contributed by atoms with Crippen LogP contribution in [0.4, 0.5) is 18.9 Å². The van der Waals surface area contributed by atoms with Crippen molar-refractivity contribution in [2.24, 2.45) is 0 Å². The van der Waals surface area contributed by atoms with Crippen LogP contribution in [0.15, 0.2) is 41.3 Å². The summed E-state index contributed by atoms with van der Waals surface area (Å²) in [6.45, 7) is 4.18. The maximum atomic E-state index is 13.3. The van der Waals surface area contributed by atoms with Crippen molar-refractivity contribution in [1.82, 2.24) is 25.8 Å². The van der Waals surface area contributed by atoms with E-state index < -0.39 is 57.6 Å². The number of benzene rings is 2. The van der Waals surface area contributed by atoms with Crippen molar-refractivity contribution in [3.8, 4) is 11.8 Å². The molecule has 0 aliphatic carbocycles. The summed E-state index contributed by atoms with van der Waals surface area (Å²) in [5, 5.41) is 29.9. The second kappa shape index (κ2) is 13.5. The summed E-state index contributed by atoms with van der Waals surface area (Å²) >= 11 is 0. The number of hydrogen-bond donors (Lipinski definition) is 6. The molecule has 6 N–H and O–H groups in total. The fraction of sp³-hybridized carbons (Fsp3) is 0.483. The molecule has 2 fully saturated rings. The monoisotopic (exact) mass is 667 g/mol. The Bertz CT molecular complexity index is 1630. The van der Waals surface area contributed by atoms with Gasteiger partial charge in [-0.1, -0.05) is 13.3 Å². The van der Waals surface area contributed by atoms with E-state index in [4.69, 9.17) is 10.00 Å². The van der Waals surface area contributed by atoms with Crippen molar-refractivity contribution in [1.29, 1.82) is 5.26 Å². The fourth-order valence-electron chi connectivity index (χ4n) is 5.44. The van der Waals surface area contributed by atoms with Gasteiger partial charge in [0.15, 0.2) is 5.60 Å². The number of ether oxygens (including phenoxy) is 1. The van der Waals surface area contributed by atoms with Gasteiger partial charge in [-0.3, -0.25) is 14.9 Å². The van der Waals surface area contributed by atoms with Crippen molar-refractivity contribution in [3.05, 3.63) is 53.1 Å². The number of alkyl halides is 3. The lowest BCUT2D eigenvalue weighted by atomic mass is 9.94. The number of rotatable bonds is 11. The van der Waals surface area contributed by atoms with E-state index >= 15 is 0 Å². The molecule has 0 saturated carbocycles. The zero-order valence-electron chi connectivity index (χ0n) is 25.5. The molecule has 4 unspecified atom stereocenters. The van der Waals surface area contributed by atoms with Gasteiger partial charge in [-0.15, -0.1) is 0 Å². The van der Waals surface area contributed by atoms with E-state index in [-0.39, 0.29) is 35.2 Å². The first kappa shape index (κ1) is 35.1. The number of aliphatic hydroxyl groups is 1. The molecule has 0 bridgehead atoms. The zero-order valence-corrected chi connectivity index (χ0v) is 26.3. The van der Waals surface area contributed by atoms with Gasteiger partial charge in [-0.25, -0.2) is 23.6 Å². The number of sulfonamides is 1. The van der Waals surface area contributed by atoms with Crippen molar-refractivity contribution in [2.45, 2.75) is 74.6 Å². The highest BCUT2D eigenvalue weighted by Gasteiger charge is 2.48. The molecule has 2 amide bonds. The third kappa shape index (κ3) is 7.43. The number of hydrogen-bond acceptors (Lipinski definition) is 10. The van der Waals surface area contributed by atoms with Crippen molar-refractivity contribution in [3.63, 3.8) is 0 Å². The van der Waals surface area contributed by atoms with Gasteiger partial charge < -0.3 is 20.5 Å². The van der Waals surface area contributed by atoms with E-state index in [1.807, 2.05) is 6.92 Å². The average Bonchev–Trinajstić information content (AvgIpc) is 3.31. The van der Waals surface area contributed by atoms with Crippen LogP contribution >= 0.6 is 0 Å². The number of carbonyl (C=O) groups is 2. The van der Waals surface area contributed by atoms with Crippen LogP contribution in [0.1, 0.15) is 56.5 Å². The maximum absolute atomic E-state index is 13.3. The summed E-state index contributed by atoms with van der Waals surface area (Å²) in [5.41, 5.74) is -1.06. The lowest BCUT2D eigenvalue weighted by Crippen LogP contribution is -2.62. The Morgan fingerprint density at radius 2 is 1.91 bits per heavy atom. The van der Waals surface area contributed by atoms with E-state index in [0.717, 1.165) is 31.9 Å². The molecule has 2 aromatic carbocycles. The summed E-state index contributed by atoms with van der Waals surface area (Å²) in [7, 11) is -2.60. The van der Waals surface area contributed by atoms with Gasteiger partial charge in [0.2, 0.25) is 15.9 Å². The van der Waals surface area contributed by atoms with E-state index in [1.165, 1.54) is 24.3 Å². The molecular weight excluding hydrogens is 631 g/mol. The molecule has 13 nitrogen and oxygen atoms in total. The molecular formula is C29H36F3N7O6S. The van der Waals surface area contributed by atoms with Gasteiger partial charge in [-0.2, -0.15) is 18.4 Å². The number of anilines is 1. The topological polar surface area (TPSA) is 185 Å². The Morgan fingerprint density at radius 1 is 1.20 bits per heavy atom. The Kier molecular flexibility index (Phi) is 10.3. The van der Waals surface area contributed by atoms with E-state index in [2.05, 4.69) is 26.1 Å². The van der Waals surface area contributed by atoms with E-state index in [9.17, 15) is 36.3 Å². The molecule has 46 heavy (non-hydrogen) atoms. The van der Waals surface area contributed by atoms with Crippen LogP contribution in [0, 0.1) is 11.3 Å². The second-order valence-corrected chi connectivity index (χ2v) is 13.0. The van der Waals surface area contributed by atoms with Crippen LogP contribution < -0.4 is 30.8 Å². The van der Waals surface area contributed by atoms with Gasteiger partial charge in [0.1, 0.15) is 18.0 Å². The first-order valence-electron chi connectivity index (χ1n) is 14.5. The minimum atomic E-state index is -4.88. The lowest BCUT2D eigenvalue weighted by molar-refractivity contribution is -0.138. The van der Waals surface area contributed by atoms with Crippen LogP contribution in [0.5, 0.6) is 5.75 Å². The number of nitriles is 1. The summed E-state index contributed by atoms with van der Waals surface area (Å²) in [5.74, 6) is -1.13. The van der Waals surface area contributed by atoms with Gasteiger partial charge in [0, 0.05) is 30.9 Å². The Morgan fingerprint density at radius 3 is 2.54 bits per heavy atom. The Labute approximate surface area is 264 Å². The molecule has 0 aromatic heterocycles. The number of nitrogens with one attached hydrogen (secondary N) is 5. The smallest absolute Gasteiger partial charge is 0.417 e. The number of hydrazine groups is 1. The molecule has 2 saturated heterocycles. The molecule has 2 aliphatic rings. The van der Waals surface area contributed by atoms with E-state index in [1.54, 1.807) is 19.0 Å². The molecule has 0 spiro atoms. The van der Waals surface area contributed by atoms with Crippen molar-refractivity contribution < 1.29 is 41.0 Å².